The normalized spacial score (nSPS) is 12.6. The average Bonchev–Trinajstić information content (AvgIpc) is 2.88. The van der Waals surface area contributed by atoms with Crippen molar-refractivity contribution in [3.05, 3.63) is 41.7 Å². The third-order valence-electron chi connectivity index (χ3n) is 3.37. The number of hydrogen-bond donors (Lipinski definition) is 1. The summed E-state index contributed by atoms with van der Waals surface area (Å²) in [6, 6.07) is 8.70. The van der Waals surface area contributed by atoms with E-state index in [4.69, 9.17) is 5.73 Å². The Morgan fingerprint density at radius 2 is 2.16 bits per heavy atom. The van der Waals surface area contributed by atoms with Gasteiger partial charge in [-0.1, -0.05) is 19.1 Å². The van der Waals surface area contributed by atoms with Gasteiger partial charge >= 0.3 is 0 Å². The van der Waals surface area contributed by atoms with Crippen molar-refractivity contribution in [2.75, 3.05) is 5.73 Å². The molecule has 2 N–H and O–H groups in total. The Kier molecular flexibility index (Phi) is 4.53. The van der Waals surface area contributed by atoms with Crippen molar-refractivity contribution < 1.29 is 0 Å². The molecule has 19 heavy (non-hydrogen) atoms. The second-order valence-corrected chi connectivity index (χ2v) is 5.84. The van der Waals surface area contributed by atoms with E-state index in [1.54, 1.807) is 11.8 Å². The van der Waals surface area contributed by atoms with Gasteiger partial charge in [0.1, 0.15) is 0 Å². The molecule has 1 unspecified atom stereocenters. The lowest BCUT2D eigenvalue weighted by Gasteiger charge is -2.08. The summed E-state index contributed by atoms with van der Waals surface area (Å²) in [5, 5.41) is 4.60. The highest BCUT2D eigenvalue weighted by Crippen LogP contribution is 2.29. The number of rotatable bonds is 5. The van der Waals surface area contributed by atoms with Gasteiger partial charge in [-0.3, -0.25) is 4.68 Å². The first-order valence-electron chi connectivity index (χ1n) is 6.63. The number of hydrogen-bond acceptors (Lipinski definition) is 3. The lowest BCUT2D eigenvalue weighted by molar-refractivity contribution is 0.475. The minimum absolute atomic E-state index is 0.461. The van der Waals surface area contributed by atoms with Crippen LogP contribution in [0, 0.1) is 6.92 Å². The van der Waals surface area contributed by atoms with E-state index >= 15 is 0 Å². The first-order chi connectivity index (χ1) is 9.11. The van der Waals surface area contributed by atoms with Gasteiger partial charge in [0.25, 0.3) is 0 Å². The van der Waals surface area contributed by atoms with Gasteiger partial charge in [0.15, 0.2) is 0 Å². The van der Waals surface area contributed by atoms with Crippen LogP contribution in [0.4, 0.5) is 5.69 Å². The van der Waals surface area contributed by atoms with E-state index in [1.807, 2.05) is 23.7 Å². The Balaban J connectivity index is 2.02. The standard InChI is InChI=1S/C15H21N3S/c1-4-12(3)18-9-8-13(17-18)10-19-14-7-5-6-11(2)15(14)16/h5-9,12H,4,10,16H2,1-3H3. The van der Waals surface area contributed by atoms with Crippen molar-refractivity contribution in [2.24, 2.45) is 0 Å². The van der Waals surface area contributed by atoms with Gasteiger partial charge in [-0.05, 0) is 38.0 Å². The van der Waals surface area contributed by atoms with Crippen LogP contribution in [-0.4, -0.2) is 9.78 Å². The quantitative estimate of drug-likeness (QED) is 0.661. The predicted octanol–water partition coefficient (Wildman–Crippen LogP) is 4.04. The highest BCUT2D eigenvalue weighted by molar-refractivity contribution is 7.98. The molecule has 0 amide bonds. The van der Waals surface area contributed by atoms with Gasteiger partial charge in [0.05, 0.1) is 5.69 Å². The Hall–Kier alpha value is -1.42. The third kappa shape index (κ3) is 3.32. The van der Waals surface area contributed by atoms with Crippen molar-refractivity contribution in [1.29, 1.82) is 0 Å². The number of aryl methyl sites for hydroxylation is 1. The average molecular weight is 275 g/mol. The van der Waals surface area contributed by atoms with Crippen LogP contribution in [0.3, 0.4) is 0 Å². The van der Waals surface area contributed by atoms with Crippen LogP contribution >= 0.6 is 11.8 Å². The van der Waals surface area contributed by atoms with Crippen LogP contribution in [0.5, 0.6) is 0 Å². The summed E-state index contributed by atoms with van der Waals surface area (Å²) in [6.07, 6.45) is 3.16. The molecule has 0 aliphatic rings. The Bertz CT molecular complexity index is 548. The molecule has 1 atom stereocenters. The summed E-state index contributed by atoms with van der Waals surface area (Å²) in [7, 11) is 0. The molecule has 0 saturated heterocycles. The maximum absolute atomic E-state index is 6.08. The lowest BCUT2D eigenvalue weighted by atomic mass is 10.2. The third-order valence-corrected chi connectivity index (χ3v) is 4.47. The van der Waals surface area contributed by atoms with Crippen molar-refractivity contribution in [3.8, 4) is 0 Å². The molecule has 1 aromatic carbocycles. The molecular formula is C15H21N3S. The maximum atomic E-state index is 6.08. The molecule has 0 spiro atoms. The molecule has 0 aliphatic heterocycles. The number of para-hydroxylation sites is 1. The number of thioether (sulfide) groups is 1. The van der Waals surface area contributed by atoms with Gasteiger partial charge in [-0.2, -0.15) is 5.10 Å². The molecule has 0 fully saturated rings. The zero-order valence-electron chi connectivity index (χ0n) is 11.8. The zero-order chi connectivity index (χ0) is 13.8. The van der Waals surface area contributed by atoms with Crippen molar-refractivity contribution in [1.82, 2.24) is 9.78 Å². The van der Waals surface area contributed by atoms with Crippen LogP contribution < -0.4 is 5.73 Å². The van der Waals surface area contributed by atoms with E-state index in [1.165, 1.54) is 0 Å². The van der Waals surface area contributed by atoms with E-state index in [9.17, 15) is 0 Å². The molecule has 0 aliphatic carbocycles. The zero-order valence-corrected chi connectivity index (χ0v) is 12.6. The van der Waals surface area contributed by atoms with Gasteiger partial charge in [-0.15, -0.1) is 11.8 Å². The Morgan fingerprint density at radius 3 is 2.89 bits per heavy atom. The van der Waals surface area contributed by atoms with Crippen molar-refractivity contribution >= 4 is 17.4 Å². The van der Waals surface area contributed by atoms with Gasteiger partial charge in [0, 0.05) is 28.6 Å². The smallest absolute Gasteiger partial charge is 0.0727 e. The molecule has 2 aromatic rings. The second-order valence-electron chi connectivity index (χ2n) is 4.82. The summed E-state index contributed by atoms with van der Waals surface area (Å²) in [5.74, 6) is 0.858. The molecule has 4 heteroatoms. The fraction of sp³-hybridized carbons (Fsp3) is 0.400. The van der Waals surface area contributed by atoms with Crippen LogP contribution in [0.1, 0.15) is 37.6 Å². The molecule has 1 aromatic heterocycles. The number of nitrogen functional groups attached to an aromatic ring is 1. The lowest BCUT2D eigenvalue weighted by Crippen LogP contribution is -2.04. The maximum Gasteiger partial charge on any atom is 0.0727 e. The van der Waals surface area contributed by atoms with Crippen molar-refractivity contribution in [2.45, 2.75) is 43.9 Å². The van der Waals surface area contributed by atoms with Crippen LogP contribution in [-0.2, 0) is 5.75 Å². The molecular weight excluding hydrogens is 254 g/mol. The highest BCUT2D eigenvalue weighted by Gasteiger charge is 2.07. The number of benzene rings is 1. The summed E-state index contributed by atoms with van der Waals surface area (Å²) >= 11 is 1.75. The van der Waals surface area contributed by atoms with Gasteiger partial charge in [-0.25, -0.2) is 0 Å². The highest BCUT2D eigenvalue weighted by atomic mass is 32.2. The Labute approximate surface area is 119 Å². The minimum atomic E-state index is 0.461. The second kappa shape index (κ2) is 6.15. The topological polar surface area (TPSA) is 43.8 Å². The predicted molar refractivity (Wildman–Crippen MR) is 82.4 cm³/mol. The molecule has 0 radical (unpaired) electrons. The van der Waals surface area contributed by atoms with Gasteiger partial charge < -0.3 is 5.73 Å². The SMILES string of the molecule is CCC(C)n1ccc(CSc2cccc(C)c2N)n1. The van der Waals surface area contributed by atoms with E-state index in [0.717, 1.165) is 34.0 Å². The molecule has 2 rings (SSSR count). The number of aromatic nitrogens is 2. The molecule has 3 nitrogen and oxygen atoms in total. The molecule has 1 heterocycles. The van der Waals surface area contributed by atoms with E-state index < -0.39 is 0 Å². The fourth-order valence-electron chi connectivity index (χ4n) is 1.82. The van der Waals surface area contributed by atoms with Crippen LogP contribution in [0.25, 0.3) is 0 Å². The van der Waals surface area contributed by atoms with Crippen LogP contribution in [0.15, 0.2) is 35.4 Å². The number of nitrogens with zero attached hydrogens (tertiary/aromatic N) is 2. The largest absolute Gasteiger partial charge is 0.398 e. The van der Waals surface area contributed by atoms with E-state index in [-0.39, 0.29) is 0 Å². The van der Waals surface area contributed by atoms with E-state index in [2.05, 4.69) is 37.3 Å². The Morgan fingerprint density at radius 1 is 1.37 bits per heavy atom. The fourth-order valence-corrected chi connectivity index (χ4v) is 2.77. The van der Waals surface area contributed by atoms with Crippen molar-refractivity contribution in [3.63, 3.8) is 0 Å². The van der Waals surface area contributed by atoms with Gasteiger partial charge in [0.2, 0.25) is 0 Å². The number of nitrogens with two attached hydrogens (primary N) is 1. The summed E-state index contributed by atoms with van der Waals surface area (Å²) in [6.45, 7) is 6.40. The summed E-state index contributed by atoms with van der Waals surface area (Å²) in [4.78, 5) is 1.14. The first-order valence-corrected chi connectivity index (χ1v) is 7.62. The number of anilines is 1. The summed E-state index contributed by atoms with van der Waals surface area (Å²) in [5.41, 5.74) is 9.20. The summed E-state index contributed by atoms with van der Waals surface area (Å²) < 4.78 is 2.04. The first kappa shape index (κ1) is 14.0. The molecule has 102 valence electrons. The molecule has 0 saturated carbocycles. The molecule has 0 bridgehead atoms. The van der Waals surface area contributed by atoms with E-state index in [0.29, 0.717) is 6.04 Å². The van der Waals surface area contributed by atoms with Crippen LogP contribution in [0.2, 0.25) is 0 Å². The monoisotopic (exact) mass is 275 g/mol. The minimum Gasteiger partial charge on any atom is -0.398 e.